The summed E-state index contributed by atoms with van der Waals surface area (Å²) in [5, 5.41) is 0. The van der Waals surface area contributed by atoms with E-state index < -0.39 is 0 Å². The van der Waals surface area contributed by atoms with E-state index in [2.05, 4.69) is 11.9 Å². The Bertz CT molecular complexity index is 905. The number of benzene rings is 2. The molecule has 1 heterocycles. The van der Waals surface area contributed by atoms with Crippen LogP contribution in [-0.2, 0) is 11.2 Å². The fourth-order valence-corrected chi connectivity index (χ4v) is 3.32. The lowest BCUT2D eigenvalue weighted by molar-refractivity contribution is 0.0508. The molecule has 0 fully saturated rings. The SMILES string of the molecule is CCCCCCCOc1ccc(-c2ccc(C(=O)OCCc3ccccn3)cc2)cc1. The van der Waals surface area contributed by atoms with Crippen molar-refractivity contribution < 1.29 is 14.3 Å². The molecule has 0 aliphatic rings. The third kappa shape index (κ3) is 7.56. The topological polar surface area (TPSA) is 48.4 Å². The summed E-state index contributed by atoms with van der Waals surface area (Å²) in [6.45, 7) is 3.31. The number of aromatic nitrogens is 1. The van der Waals surface area contributed by atoms with E-state index >= 15 is 0 Å². The molecule has 2 aromatic carbocycles. The third-order valence-corrected chi connectivity index (χ3v) is 5.14. The van der Waals surface area contributed by atoms with Crippen molar-refractivity contribution >= 4 is 5.97 Å². The van der Waals surface area contributed by atoms with Crippen LogP contribution in [0.25, 0.3) is 11.1 Å². The molecule has 3 aromatic rings. The molecule has 0 spiro atoms. The van der Waals surface area contributed by atoms with Crippen LogP contribution >= 0.6 is 0 Å². The average Bonchev–Trinajstić information content (AvgIpc) is 2.82. The van der Waals surface area contributed by atoms with E-state index in [-0.39, 0.29) is 5.97 Å². The second kappa shape index (κ2) is 12.5. The molecular weight excluding hydrogens is 386 g/mol. The molecule has 0 N–H and O–H groups in total. The maximum Gasteiger partial charge on any atom is 0.338 e. The van der Waals surface area contributed by atoms with Crippen LogP contribution in [0.15, 0.2) is 72.9 Å². The number of esters is 1. The van der Waals surface area contributed by atoms with Gasteiger partial charge < -0.3 is 9.47 Å². The van der Waals surface area contributed by atoms with Gasteiger partial charge >= 0.3 is 5.97 Å². The molecule has 0 radical (unpaired) electrons. The zero-order valence-corrected chi connectivity index (χ0v) is 18.3. The van der Waals surface area contributed by atoms with Crippen molar-refractivity contribution in [2.45, 2.75) is 45.4 Å². The molecule has 3 rings (SSSR count). The van der Waals surface area contributed by atoms with E-state index in [1.807, 2.05) is 54.6 Å². The second-order valence-corrected chi connectivity index (χ2v) is 7.57. The van der Waals surface area contributed by atoms with Crippen molar-refractivity contribution in [1.82, 2.24) is 4.98 Å². The number of nitrogens with zero attached hydrogens (tertiary/aromatic N) is 1. The molecular formula is C27H31NO3. The van der Waals surface area contributed by atoms with Crippen LogP contribution in [0.3, 0.4) is 0 Å². The van der Waals surface area contributed by atoms with Gasteiger partial charge in [-0.1, -0.05) is 62.9 Å². The van der Waals surface area contributed by atoms with Gasteiger partial charge in [0.05, 0.1) is 18.8 Å². The Morgan fingerprint density at radius 2 is 1.52 bits per heavy atom. The highest BCUT2D eigenvalue weighted by Crippen LogP contribution is 2.23. The lowest BCUT2D eigenvalue weighted by Gasteiger charge is -2.08. The molecule has 4 heteroatoms. The Kier molecular flexibility index (Phi) is 9.11. The largest absolute Gasteiger partial charge is 0.494 e. The average molecular weight is 418 g/mol. The molecule has 0 saturated heterocycles. The predicted molar refractivity (Wildman–Crippen MR) is 124 cm³/mol. The van der Waals surface area contributed by atoms with Crippen molar-refractivity contribution in [3.8, 4) is 16.9 Å². The molecule has 0 atom stereocenters. The van der Waals surface area contributed by atoms with Crippen LogP contribution in [0.2, 0.25) is 0 Å². The highest BCUT2D eigenvalue weighted by Gasteiger charge is 2.08. The zero-order valence-electron chi connectivity index (χ0n) is 18.3. The minimum Gasteiger partial charge on any atom is -0.494 e. The highest BCUT2D eigenvalue weighted by molar-refractivity contribution is 5.90. The van der Waals surface area contributed by atoms with Crippen LogP contribution in [0.1, 0.15) is 55.1 Å². The molecule has 0 saturated carbocycles. The Morgan fingerprint density at radius 1 is 0.806 bits per heavy atom. The summed E-state index contributed by atoms with van der Waals surface area (Å²) in [6, 6.07) is 21.3. The Hall–Kier alpha value is -3.14. The Morgan fingerprint density at radius 3 is 2.19 bits per heavy atom. The van der Waals surface area contributed by atoms with Gasteiger partial charge in [-0.25, -0.2) is 4.79 Å². The minimum absolute atomic E-state index is 0.315. The smallest absolute Gasteiger partial charge is 0.338 e. The molecule has 31 heavy (non-hydrogen) atoms. The Balaban J connectivity index is 1.45. The summed E-state index contributed by atoms with van der Waals surface area (Å²) in [5.41, 5.74) is 3.60. The van der Waals surface area contributed by atoms with Crippen molar-refractivity contribution in [3.05, 3.63) is 84.2 Å². The Labute approximate surface area is 185 Å². The van der Waals surface area contributed by atoms with E-state index in [1.165, 1.54) is 25.7 Å². The number of carbonyl (C=O) groups excluding carboxylic acids is 1. The molecule has 0 amide bonds. The molecule has 0 aliphatic carbocycles. The normalized spacial score (nSPS) is 10.6. The van der Waals surface area contributed by atoms with E-state index in [1.54, 1.807) is 18.3 Å². The first-order valence-corrected chi connectivity index (χ1v) is 11.2. The van der Waals surface area contributed by atoms with Gasteiger partial charge in [-0.15, -0.1) is 0 Å². The first kappa shape index (κ1) is 22.5. The first-order valence-electron chi connectivity index (χ1n) is 11.2. The minimum atomic E-state index is -0.315. The second-order valence-electron chi connectivity index (χ2n) is 7.57. The van der Waals surface area contributed by atoms with Crippen molar-refractivity contribution in [2.75, 3.05) is 13.2 Å². The number of ether oxygens (including phenoxy) is 2. The summed E-state index contributed by atoms with van der Waals surface area (Å²) in [4.78, 5) is 16.5. The third-order valence-electron chi connectivity index (χ3n) is 5.14. The van der Waals surface area contributed by atoms with Gasteiger partial charge in [0.1, 0.15) is 5.75 Å². The number of hydrogen-bond acceptors (Lipinski definition) is 4. The number of hydrogen-bond donors (Lipinski definition) is 0. The number of carbonyl (C=O) groups is 1. The van der Waals surface area contributed by atoms with Crippen LogP contribution in [-0.4, -0.2) is 24.2 Å². The maximum absolute atomic E-state index is 12.3. The van der Waals surface area contributed by atoms with Gasteiger partial charge in [0.2, 0.25) is 0 Å². The van der Waals surface area contributed by atoms with E-state index in [0.717, 1.165) is 35.6 Å². The molecule has 0 aliphatic heterocycles. The summed E-state index contributed by atoms with van der Waals surface area (Å²) in [5.74, 6) is 0.581. The number of unbranched alkanes of at least 4 members (excludes halogenated alkanes) is 4. The van der Waals surface area contributed by atoms with Gasteiger partial charge in [0.15, 0.2) is 0 Å². The lowest BCUT2D eigenvalue weighted by atomic mass is 10.0. The van der Waals surface area contributed by atoms with Crippen LogP contribution < -0.4 is 4.74 Å². The predicted octanol–water partition coefficient (Wildman–Crippen LogP) is 6.50. The van der Waals surface area contributed by atoms with Crippen LogP contribution in [0.5, 0.6) is 5.75 Å². The number of rotatable bonds is 12. The lowest BCUT2D eigenvalue weighted by Crippen LogP contribution is -2.08. The maximum atomic E-state index is 12.3. The number of pyridine rings is 1. The van der Waals surface area contributed by atoms with Crippen LogP contribution in [0.4, 0.5) is 0 Å². The first-order chi connectivity index (χ1) is 15.3. The van der Waals surface area contributed by atoms with E-state index in [4.69, 9.17) is 9.47 Å². The highest BCUT2D eigenvalue weighted by atomic mass is 16.5. The van der Waals surface area contributed by atoms with Gasteiger partial charge in [0, 0.05) is 18.3 Å². The van der Waals surface area contributed by atoms with Gasteiger partial charge in [-0.05, 0) is 53.9 Å². The fraction of sp³-hybridized carbons (Fsp3) is 0.333. The van der Waals surface area contributed by atoms with Crippen molar-refractivity contribution in [3.63, 3.8) is 0 Å². The quantitative estimate of drug-likeness (QED) is 0.249. The summed E-state index contributed by atoms with van der Waals surface area (Å²) >= 11 is 0. The fourth-order valence-electron chi connectivity index (χ4n) is 3.32. The molecule has 0 unspecified atom stereocenters. The van der Waals surface area contributed by atoms with E-state index in [9.17, 15) is 4.79 Å². The molecule has 4 nitrogen and oxygen atoms in total. The van der Waals surface area contributed by atoms with Gasteiger partial charge in [-0.3, -0.25) is 4.98 Å². The summed E-state index contributed by atoms with van der Waals surface area (Å²) in [7, 11) is 0. The van der Waals surface area contributed by atoms with Crippen molar-refractivity contribution in [2.24, 2.45) is 0 Å². The zero-order chi connectivity index (χ0) is 21.7. The summed E-state index contributed by atoms with van der Waals surface area (Å²) in [6.07, 6.45) is 8.52. The van der Waals surface area contributed by atoms with Gasteiger partial charge in [0.25, 0.3) is 0 Å². The monoisotopic (exact) mass is 417 g/mol. The van der Waals surface area contributed by atoms with Gasteiger partial charge in [-0.2, -0.15) is 0 Å². The molecule has 1 aromatic heterocycles. The summed E-state index contributed by atoms with van der Waals surface area (Å²) < 4.78 is 11.2. The van der Waals surface area contributed by atoms with E-state index in [0.29, 0.717) is 18.6 Å². The van der Waals surface area contributed by atoms with Crippen LogP contribution in [0, 0.1) is 0 Å². The standard InChI is InChI=1S/C27H31NO3/c1-2-3-4-5-8-20-30-26-16-14-23(15-17-26)22-10-12-24(13-11-22)27(29)31-21-18-25-9-6-7-19-28-25/h6-7,9-17,19H,2-5,8,18,20-21H2,1H3. The molecule has 162 valence electrons. The van der Waals surface area contributed by atoms with Crippen molar-refractivity contribution in [1.29, 1.82) is 0 Å². The molecule has 0 bridgehead atoms.